The second-order valence-electron chi connectivity index (χ2n) is 7.17. The number of nitrogens with one attached hydrogen (secondary N) is 1. The number of aryl methyl sites for hydroxylation is 1. The van der Waals surface area contributed by atoms with Crippen LogP contribution in [0.25, 0.3) is 10.8 Å². The smallest absolute Gasteiger partial charge is 0.275 e. The van der Waals surface area contributed by atoms with E-state index in [-0.39, 0.29) is 18.0 Å². The molecule has 32 heavy (non-hydrogen) atoms. The Morgan fingerprint density at radius 2 is 1.50 bits per heavy atom. The van der Waals surface area contributed by atoms with Crippen LogP contribution in [-0.4, -0.2) is 22.3 Å². The summed E-state index contributed by atoms with van der Waals surface area (Å²) in [5.41, 5.74) is 1.00. The summed E-state index contributed by atoms with van der Waals surface area (Å²) < 4.78 is 12.4. The van der Waals surface area contributed by atoms with Crippen molar-refractivity contribution in [3.05, 3.63) is 88.8 Å². The second kappa shape index (κ2) is 9.34. The Balaban J connectivity index is 1.40. The molecule has 0 saturated carbocycles. The largest absolute Gasteiger partial charge is 0.494 e. The van der Waals surface area contributed by atoms with Crippen molar-refractivity contribution < 1.29 is 14.3 Å². The van der Waals surface area contributed by atoms with Crippen molar-refractivity contribution in [2.24, 2.45) is 0 Å². The summed E-state index contributed by atoms with van der Waals surface area (Å²) in [5.74, 6) is 1.76. The summed E-state index contributed by atoms with van der Waals surface area (Å²) in [7, 11) is 0. The van der Waals surface area contributed by atoms with Crippen molar-refractivity contribution in [2.45, 2.75) is 20.4 Å². The van der Waals surface area contributed by atoms with Crippen LogP contribution in [0.2, 0.25) is 0 Å². The van der Waals surface area contributed by atoms with Gasteiger partial charge < -0.3 is 14.8 Å². The molecule has 0 aliphatic carbocycles. The number of carbonyl (C=O) groups excluding carboxylic acids is 1. The molecule has 0 fully saturated rings. The standard InChI is InChI=1S/C25H23N3O4/c1-3-31-19-12-14-21(15-13-19)32-20-10-8-18(9-11-20)26-24(29)16-28-25(30)23-7-5-4-6-22(23)17(2)27-28/h4-15H,3,16H2,1-2H3,(H,26,29). The number of benzene rings is 3. The van der Waals surface area contributed by atoms with E-state index in [0.29, 0.717) is 34.9 Å². The maximum atomic E-state index is 12.6. The fraction of sp³-hybridized carbons (Fsp3) is 0.160. The normalized spacial score (nSPS) is 10.7. The molecule has 1 amide bonds. The summed E-state index contributed by atoms with van der Waals surface area (Å²) in [5, 5.41) is 8.40. The quantitative estimate of drug-likeness (QED) is 0.467. The molecule has 0 bridgehead atoms. The second-order valence-corrected chi connectivity index (χ2v) is 7.17. The molecule has 0 saturated heterocycles. The van der Waals surface area contributed by atoms with Gasteiger partial charge in [-0.25, -0.2) is 4.68 Å². The predicted molar refractivity (Wildman–Crippen MR) is 123 cm³/mol. The highest BCUT2D eigenvalue weighted by atomic mass is 16.5. The summed E-state index contributed by atoms with van der Waals surface area (Å²) in [6.45, 7) is 4.19. The lowest BCUT2D eigenvalue weighted by molar-refractivity contribution is -0.117. The van der Waals surface area contributed by atoms with E-state index in [9.17, 15) is 9.59 Å². The van der Waals surface area contributed by atoms with E-state index in [0.717, 1.165) is 11.1 Å². The molecule has 0 aliphatic rings. The summed E-state index contributed by atoms with van der Waals surface area (Å²) in [4.78, 5) is 25.1. The number of fused-ring (bicyclic) bond motifs is 1. The first-order valence-corrected chi connectivity index (χ1v) is 10.3. The molecule has 0 unspecified atom stereocenters. The average Bonchev–Trinajstić information content (AvgIpc) is 2.80. The molecule has 0 aliphatic heterocycles. The molecule has 162 valence electrons. The summed E-state index contributed by atoms with van der Waals surface area (Å²) >= 11 is 0. The fourth-order valence-corrected chi connectivity index (χ4v) is 3.36. The van der Waals surface area contributed by atoms with Crippen LogP contribution in [0.4, 0.5) is 5.69 Å². The van der Waals surface area contributed by atoms with Crippen molar-refractivity contribution in [2.75, 3.05) is 11.9 Å². The van der Waals surface area contributed by atoms with E-state index in [2.05, 4.69) is 10.4 Å². The maximum absolute atomic E-state index is 12.6. The van der Waals surface area contributed by atoms with Gasteiger partial charge in [0.2, 0.25) is 5.91 Å². The Morgan fingerprint density at radius 1 is 0.906 bits per heavy atom. The van der Waals surface area contributed by atoms with Crippen LogP contribution in [-0.2, 0) is 11.3 Å². The van der Waals surface area contributed by atoms with Gasteiger partial charge in [0.1, 0.15) is 23.8 Å². The van der Waals surface area contributed by atoms with E-state index in [4.69, 9.17) is 9.47 Å². The fourth-order valence-electron chi connectivity index (χ4n) is 3.36. The lowest BCUT2D eigenvalue weighted by atomic mass is 10.1. The number of amides is 1. The zero-order valence-electron chi connectivity index (χ0n) is 17.9. The maximum Gasteiger partial charge on any atom is 0.275 e. The lowest BCUT2D eigenvalue weighted by Gasteiger charge is -2.10. The van der Waals surface area contributed by atoms with Crippen molar-refractivity contribution >= 4 is 22.4 Å². The van der Waals surface area contributed by atoms with Crippen LogP contribution >= 0.6 is 0 Å². The minimum Gasteiger partial charge on any atom is -0.494 e. The number of hydrogen-bond acceptors (Lipinski definition) is 5. The Kier molecular flexibility index (Phi) is 6.17. The molecule has 0 atom stereocenters. The van der Waals surface area contributed by atoms with Gasteiger partial charge in [-0.2, -0.15) is 5.10 Å². The number of aromatic nitrogens is 2. The average molecular weight is 429 g/mol. The van der Waals surface area contributed by atoms with E-state index >= 15 is 0 Å². The molecule has 0 radical (unpaired) electrons. The minimum absolute atomic E-state index is 0.172. The molecule has 1 aromatic heterocycles. The van der Waals surface area contributed by atoms with Gasteiger partial charge in [-0.1, -0.05) is 18.2 Å². The number of nitrogens with zero attached hydrogens (tertiary/aromatic N) is 2. The Hall–Kier alpha value is -4.13. The van der Waals surface area contributed by atoms with Crippen LogP contribution in [0, 0.1) is 6.92 Å². The molecule has 7 heteroatoms. The monoisotopic (exact) mass is 429 g/mol. The van der Waals surface area contributed by atoms with Crippen LogP contribution in [0.15, 0.2) is 77.6 Å². The number of ether oxygens (including phenoxy) is 2. The first-order valence-electron chi connectivity index (χ1n) is 10.3. The molecule has 1 heterocycles. The SMILES string of the molecule is CCOc1ccc(Oc2ccc(NC(=O)Cn3nc(C)c4ccccc4c3=O)cc2)cc1. The number of rotatable bonds is 7. The van der Waals surface area contributed by atoms with E-state index < -0.39 is 0 Å². The summed E-state index contributed by atoms with van der Waals surface area (Å²) in [6, 6.07) is 21.6. The van der Waals surface area contributed by atoms with Crippen molar-refractivity contribution in [1.29, 1.82) is 0 Å². The highest BCUT2D eigenvalue weighted by Gasteiger charge is 2.11. The van der Waals surface area contributed by atoms with Gasteiger partial charge in [0, 0.05) is 11.1 Å². The predicted octanol–water partition coefficient (Wildman–Crippen LogP) is 4.53. The van der Waals surface area contributed by atoms with Crippen molar-refractivity contribution in [1.82, 2.24) is 9.78 Å². The highest BCUT2D eigenvalue weighted by molar-refractivity contribution is 5.91. The van der Waals surface area contributed by atoms with E-state index in [1.165, 1.54) is 4.68 Å². The van der Waals surface area contributed by atoms with Crippen LogP contribution in [0.3, 0.4) is 0 Å². The molecule has 7 nitrogen and oxygen atoms in total. The van der Waals surface area contributed by atoms with Crippen LogP contribution in [0.1, 0.15) is 12.6 Å². The van der Waals surface area contributed by atoms with Gasteiger partial charge in [0.15, 0.2) is 0 Å². The highest BCUT2D eigenvalue weighted by Crippen LogP contribution is 2.25. The first-order chi connectivity index (χ1) is 15.5. The van der Waals surface area contributed by atoms with Gasteiger partial charge in [-0.3, -0.25) is 9.59 Å². The van der Waals surface area contributed by atoms with Crippen molar-refractivity contribution in [3.8, 4) is 17.2 Å². The van der Waals surface area contributed by atoms with Gasteiger partial charge in [-0.05, 0) is 68.4 Å². The zero-order valence-corrected chi connectivity index (χ0v) is 17.9. The number of anilines is 1. The molecule has 1 N–H and O–H groups in total. The Bertz CT molecular complexity index is 1300. The zero-order chi connectivity index (χ0) is 22.5. The Morgan fingerprint density at radius 3 is 2.16 bits per heavy atom. The van der Waals surface area contributed by atoms with Gasteiger partial charge >= 0.3 is 0 Å². The van der Waals surface area contributed by atoms with Crippen LogP contribution in [0.5, 0.6) is 17.2 Å². The summed E-state index contributed by atoms with van der Waals surface area (Å²) in [6.07, 6.45) is 0. The topological polar surface area (TPSA) is 82.4 Å². The Labute approximate surface area is 185 Å². The molecule has 0 spiro atoms. The number of hydrogen-bond donors (Lipinski definition) is 1. The third-order valence-electron chi connectivity index (χ3n) is 4.85. The van der Waals surface area contributed by atoms with Crippen molar-refractivity contribution in [3.63, 3.8) is 0 Å². The molecule has 4 aromatic rings. The van der Waals surface area contributed by atoms with Crippen LogP contribution < -0.4 is 20.3 Å². The third kappa shape index (κ3) is 4.78. The van der Waals surface area contributed by atoms with Gasteiger partial charge in [0.05, 0.1) is 17.7 Å². The third-order valence-corrected chi connectivity index (χ3v) is 4.85. The van der Waals surface area contributed by atoms with Gasteiger partial charge in [-0.15, -0.1) is 0 Å². The molecule has 4 rings (SSSR count). The first kappa shape index (κ1) is 21.1. The van der Waals surface area contributed by atoms with E-state index in [1.54, 1.807) is 36.4 Å². The van der Waals surface area contributed by atoms with Gasteiger partial charge in [0.25, 0.3) is 5.56 Å². The van der Waals surface area contributed by atoms with E-state index in [1.807, 2.05) is 50.2 Å². The molecular weight excluding hydrogens is 406 g/mol. The number of carbonyl (C=O) groups is 1. The lowest BCUT2D eigenvalue weighted by Crippen LogP contribution is -2.30. The molecule has 3 aromatic carbocycles. The molecular formula is C25H23N3O4. The minimum atomic E-state index is -0.338.